The first kappa shape index (κ1) is 17.9. The summed E-state index contributed by atoms with van der Waals surface area (Å²) in [6, 6.07) is 5.72. The summed E-state index contributed by atoms with van der Waals surface area (Å²) in [6.45, 7) is 6.18. The van der Waals surface area contributed by atoms with Crippen molar-refractivity contribution in [2.45, 2.75) is 32.9 Å². The van der Waals surface area contributed by atoms with Crippen LogP contribution < -0.4 is 10.1 Å². The number of hydrogen-bond donors (Lipinski definition) is 2. The molecule has 0 aliphatic carbocycles. The summed E-state index contributed by atoms with van der Waals surface area (Å²) in [5.74, 6) is 0.815. The van der Waals surface area contributed by atoms with Gasteiger partial charge < -0.3 is 15.2 Å². The Kier molecular flexibility index (Phi) is 6.64. The first-order chi connectivity index (χ1) is 9.67. The molecular formula is C15H25NO4S. The SMILES string of the molecule is Cc1ccc(C)c(OCC(O)CNC(C)CS(C)(=O)=O)c1. The second kappa shape index (κ2) is 7.77. The Bertz CT molecular complexity index is 557. The normalized spacial score (nSPS) is 14.7. The standard InChI is InChI=1S/C15H25NO4S/c1-11-5-6-12(2)15(7-11)20-9-14(17)8-16-13(3)10-21(4,18)19/h5-7,13-14,16-17H,8-10H2,1-4H3. The van der Waals surface area contributed by atoms with Crippen LogP contribution in [0.5, 0.6) is 5.75 Å². The van der Waals surface area contributed by atoms with Crippen LogP contribution in [0.25, 0.3) is 0 Å². The molecule has 0 bridgehead atoms. The second-order valence-corrected chi connectivity index (χ2v) is 7.82. The maximum absolute atomic E-state index is 11.1. The van der Waals surface area contributed by atoms with Gasteiger partial charge in [-0.05, 0) is 38.0 Å². The van der Waals surface area contributed by atoms with E-state index >= 15 is 0 Å². The van der Waals surface area contributed by atoms with Gasteiger partial charge >= 0.3 is 0 Å². The number of nitrogens with one attached hydrogen (secondary N) is 1. The minimum Gasteiger partial charge on any atom is -0.491 e. The van der Waals surface area contributed by atoms with E-state index in [1.54, 1.807) is 6.92 Å². The number of rotatable bonds is 8. The van der Waals surface area contributed by atoms with Crippen molar-refractivity contribution in [3.63, 3.8) is 0 Å². The highest BCUT2D eigenvalue weighted by Crippen LogP contribution is 2.19. The molecule has 0 spiro atoms. The van der Waals surface area contributed by atoms with Crippen LogP contribution in [0.15, 0.2) is 18.2 Å². The van der Waals surface area contributed by atoms with Gasteiger partial charge in [0.05, 0.1) is 5.75 Å². The Balaban J connectivity index is 2.37. The van der Waals surface area contributed by atoms with Gasteiger partial charge in [0.2, 0.25) is 0 Å². The Morgan fingerprint density at radius 1 is 1.33 bits per heavy atom. The van der Waals surface area contributed by atoms with Gasteiger partial charge in [-0.3, -0.25) is 0 Å². The number of aliphatic hydroxyl groups is 1. The molecule has 6 heteroatoms. The van der Waals surface area contributed by atoms with Crippen molar-refractivity contribution in [1.29, 1.82) is 0 Å². The molecule has 0 aromatic heterocycles. The zero-order valence-corrected chi connectivity index (χ0v) is 13.9. The van der Waals surface area contributed by atoms with Crippen molar-refractivity contribution in [3.05, 3.63) is 29.3 Å². The quantitative estimate of drug-likeness (QED) is 0.750. The summed E-state index contributed by atoms with van der Waals surface area (Å²) in [6.07, 6.45) is 0.512. The van der Waals surface area contributed by atoms with Crippen LogP contribution >= 0.6 is 0 Å². The van der Waals surface area contributed by atoms with Gasteiger partial charge in [-0.1, -0.05) is 12.1 Å². The molecule has 0 radical (unpaired) electrons. The van der Waals surface area contributed by atoms with Crippen LogP contribution in [0.1, 0.15) is 18.1 Å². The topological polar surface area (TPSA) is 75.6 Å². The molecule has 2 unspecified atom stereocenters. The Morgan fingerprint density at radius 2 is 2.00 bits per heavy atom. The number of aryl methyl sites for hydroxylation is 2. The number of ether oxygens (including phenoxy) is 1. The van der Waals surface area contributed by atoms with Gasteiger partial charge in [-0.2, -0.15) is 0 Å². The molecule has 0 heterocycles. The molecule has 0 saturated heterocycles. The fourth-order valence-corrected chi connectivity index (χ4v) is 2.98. The van der Waals surface area contributed by atoms with E-state index in [9.17, 15) is 13.5 Å². The van der Waals surface area contributed by atoms with Crippen molar-refractivity contribution in [2.24, 2.45) is 0 Å². The lowest BCUT2D eigenvalue weighted by atomic mass is 10.1. The Labute approximate surface area is 127 Å². The van der Waals surface area contributed by atoms with Gasteiger partial charge in [0.15, 0.2) is 0 Å². The third-order valence-electron chi connectivity index (χ3n) is 3.03. The molecule has 2 atom stereocenters. The predicted octanol–water partition coefficient (Wildman–Crippen LogP) is 1.07. The molecule has 1 aromatic rings. The van der Waals surface area contributed by atoms with E-state index in [0.717, 1.165) is 16.9 Å². The van der Waals surface area contributed by atoms with Crippen LogP contribution in [-0.2, 0) is 9.84 Å². The lowest BCUT2D eigenvalue weighted by molar-refractivity contribution is 0.104. The van der Waals surface area contributed by atoms with Crippen molar-refractivity contribution in [3.8, 4) is 5.75 Å². The number of sulfone groups is 1. The molecule has 21 heavy (non-hydrogen) atoms. The highest BCUT2D eigenvalue weighted by molar-refractivity contribution is 7.90. The van der Waals surface area contributed by atoms with E-state index in [1.165, 1.54) is 6.26 Å². The summed E-state index contributed by atoms with van der Waals surface area (Å²) >= 11 is 0. The zero-order chi connectivity index (χ0) is 16.0. The zero-order valence-electron chi connectivity index (χ0n) is 13.1. The lowest BCUT2D eigenvalue weighted by Gasteiger charge is -2.17. The van der Waals surface area contributed by atoms with E-state index in [4.69, 9.17) is 4.74 Å². The number of benzene rings is 1. The molecule has 2 N–H and O–H groups in total. The van der Waals surface area contributed by atoms with Gasteiger partial charge in [0.25, 0.3) is 0 Å². The molecular weight excluding hydrogens is 290 g/mol. The largest absolute Gasteiger partial charge is 0.491 e. The summed E-state index contributed by atoms with van der Waals surface area (Å²) < 4.78 is 27.9. The van der Waals surface area contributed by atoms with Crippen LogP contribution in [0.2, 0.25) is 0 Å². The first-order valence-corrected chi connectivity index (χ1v) is 9.02. The van der Waals surface area contributed by atoms with Crippen LogP contribution in [0.3, 0.4) is 0 Å². The average molecular weight is 315 g/mol. The van der Waals surface area contributed by atoms with Crippen molar-refractivity contribution in [2.75, 3.05) is 25.2 Å². The summed E-state index contributed by atoms with van der Waals surface area (Å²) in [4.78, 5) is 0. The smallest absolute Gasteiger partial charge is 0.148 e. The van der Waals surface area contributed by atoms with E-state index in [2.05, 4.69) is 5.32 Å². The van der Waals surface area contributed by atoms with Gasteiger partial charge in [0.1, 0.15) is 28.3 Å². The number of hydrogen-bond acceptors (Lipinski definition) is 5. The van der Waals surface area contributed by atoms with E-state index in [1.807, 2.05) is 32.0 Å². The fraction of sp³-hybridized carbons (Fsp3) is 0.600. The third-order valence-corrected chi connectivity index (χ3v) is 4.14. The highest BCUT2D eigenvalue weighted by atomic mass is 32.2. The van der Waals surface area contributed by atoms with Crippen molar-refractivity contribution >= 4 is 9.84 Å². The minimum absolute atomic E-state index is 0.0531. The van der Waals surface area contributed by atoms with Gasteiger partial charge in [0, 0.05) is 18.8 Å². The van der Waals surface area contributed by atoms with Crippen LogP contribution in [0.4, 0.5) is 0 Å². The van der Waals surface area contributed by atoms with Gasteiger partial charge in [-0.25, -0.2) is 8.42 Å². The van der Waals surface area contributed by atoms with Gasteiger partial charge in [-0.15, -0.1) is 0 Å². The summed E-state index contributed by atoms with van der Waals surface area (Å²) in [5.41, 5.74) is 2.12. The molecule has 0 saturated carbocycles. The molecule has 1 aromatic carbocycles. The Hall–Kier alpha value is -1.11. The maximum Gasteiger partial charge on any atom is 0.148 e. The predicted molar refractivity (Wildman–Crippen MR) is 84.6 cm³/mol. The lowest BCUT2D eigenvalue weighted by Crippen LogP contribution is -2.39. The monoisotopic (exact) mass is 315 g/mol. The van der Waals surface area contributed by atoms with Crippen molar-refractivity contribution in [1.82, 2.24) is 5.32 Å². The molecule has 0 aliphatic heterocycles. The highest BCUT2D eigenvalue weighted by Gasteiger charge is 2.12. The maximum atomic E-state index is 11.1. The molecule has 1 rings (SSSR count). The third kappa shape index (κ3) is 7.45. The second-order valence-electron chi connectivity index (χ2n) is 5.64. The number of aliphatic hydroxyl groups excluding tert-OH is 1. The summed E-state index contributed by atoms with van der Waals surface area (Å²) in [5, 5.41) is 12.9. The molecule has 0 aliphatic rings. The Morgan fingerprint density at radius 3 is 2.62 bits per heavy atom. The van der Waals surface area contributed by atoms with Crippen molar-refractivity contribution < 1.29 is 18.3 Å². The first-order valence-electron chi connectivity index (χ1n) is 6.96. The van der Waals surface area contributed by atoms with Crippen LogP contribution in [0, 0.1) is 13.8 Å². The average Bonchev–Trinajstić information content (AvgIpc) is 2.35. The van der Waals surface area contributed by atoms with Crippen LogP contribution in [-0.4, -0.2) is 50.8 Å². The summed E-state index contributed by atoms with van der Waals surface area (Å²) in [7, 11) is -3.01. The van der Waals surface area contributed by atoms with E-state index in [0.29, 0.717) is 6.54 Å². The molecule has 120 valence electrons. The molecule has 0 amide bonds. The minimum atomic E-state index is -3.01. The molecule has 0 fully saturated rings. The van der Waals surface area contributed by atoms with E-state index < -0.39 is 15.9 Å². The molecule has 5 nitrogen and oxygen atoms in total. The van der Waals surface area contributed by atoms with E-state index in [-0.39, 0.29) is 18.4 Å². The fourth-order valence-electron chi connectivity index (χ4n) is 1.96.